The van der Waals surface area contributed by atoms with Crippen molar-refractivity contribution in [3.63, 3.8) is 0 Å². The Morgan fingerprint density at radius 3 is 2.70 bits per heavy atom. The molecule has 144 valence electrons. The number of aryl methyl sites for hydroxylation is 1. The van der Waals surface area contributed by atoms with Crippen LogP contribution in [0.3, 0.4) is 0 Å². The summed E-state index contributed by atoms with van der Waals surface area (Å²) in [5, 5.41) is 7.40. The van der Waals surface area contributed by atoms with Gasteiger partial charge in [-0.05, 0) is 38.0 Å². The molecule has 2 heterocycles. The number of nitrogens with one attached hydrogen (secondary N) is 1. The standard InChI is InChI=1S/C20H26N4O3/c1-13-14(2)22-24(15(13)3)9-8-21-19(25)17-7-5-6-16-12-23(10-11-27-4)20(26)18(16)17/h5-7H,8-12H2,1-4H3,(H,21,25). The third kappa shape index (κ3) is 3.73. The second-order valence-electron chi connectivity index (χ2n) is 6.83. The predicted molar refractivity (Wildman–Crippen MR) is 102 cm³/mol. The van der Waals surface area contributed by atoms with Gasteiger partial charge in [-0.15, -0.1) is 0 Å². The normalized spacial score (nSPS) is 13.2. The van der Waals surface area contributed by atoms with Crippen LogP contribution in [0.5, 0.6) is 0 Å². The number of hydrogen-bond donors (Lipinski definition) is 1. The van der Waals surface area contributed by atoms with E-state index in [1.807, 2.05) is 37.6 Å². The lowest BCUT2D eigenvalue weighted by atomic mass is 10.0. The molecule has 0 radical (unpaired) electrons. The van der Waals surface area contributed by atoms with Crippen molar-refractivity contribution in [3.8, 4) is 0 Å². The minimum Gasteiger partial charge on any atom is -0.383 e. The SMILES string of the molecule is COCCN1Cc2cccc(C(=O)NCCn3nc(C)c(C)c3C)c2C1=O. The molecule has 0 saturated heterocycles. The maximum atomic E-state index is 12.7. The van der Waals surface area contributed by atoms with Crippen LogP contribution < -0.4 is 5.32 Å². The monoisotopic (exact) mass is 370 g/mol. The van der Waals surface area contributed by atoms with E-state index in [4.69, 9.17) is 4.74 Å². The fourth-order valence-corrected chi connectivity index (χ4v) is 3.37. The summed E-state index contributed by atoms with van der Waals surface area (Å²) >= 11 is 0. The first-order valence-corrected chi connectivity index (χ1v) is 9.13. The van der Waals surface area contributed by atoms with Gasteiger partial charge in [0.25, 0.3) is 11.8 Å². The zero-order chi connectivity index (χ0) is 19.6. The zero-order valence-electron chi connectivity index (χ0n) is 16.3. The average Bonchev–Trinajstić information content (AvgIpc) is 3.11. The summed E-state index contributed by atoms with van der Waals surface area (Å²) in [5.74, 6) is -0.339. The van der Waals surface area contributed by atoms with Crippen molar-refractivity contribution in [2.24, 2.45) is 0 Å². The molecule has 1 aliphatic heterocycles. The molecule has 1 aliphatic rings. The number of amides is 2. The highest BCUT2D eigenvalue weighted by Crippen LogP contribution is 2.25. The molecule has 0 fully saturated rings. The van der Waals surface area contributed by atoms with Crippen LogP contribution in [0, 0.1) is 20.8 Å². The van der Waals surface area contributed by atoms with Crippen molar-refractivity contribution in [3.05, 3.63) is 51.8 Å². The van der Waals surface area contributed by atoms with Gasteiger partial charge in [0.2, 0.25) is 0 Å². The fourth-order valence-electron chi connectivity index (χ4n) is 3.37. The molecule has 0 unspecified atom stereocenters. The molecule has 7 nitrogen and oxygen atoms in total. The number of fused-ring (bicyclic) bond motifs is 1. The number of carbonyl (C=O) groups is 2. The van der Waals surface area contributed by atoms with Gasteiger partial charge >= 0.3 is 0 Å². The maximum absolute atomic E-state index is 12.7. The van der Waals surface area contributed by atoms with Crippen LogP contribution in [0.2, 0.25) is 0 Å². The molecule has 3 rings (SSSR count). The molecule has 2 aromatic rings. The first kappa shape index (κ1) is 19.1. The third-order valence-electron chi connectivity index (χ3n) is 5.18. The first-order chi connectivity index (χ1) is 12.9. The van der Waals surface area contributed by atoms with Crippen molar-refractivity contribution < 1.29 is 14.3 Å². The highest BCUT2D eigenvalue weighted by molar-refractivity contribution is 6.09. The molecule has 27 heavy (non-hydrogen) atoms. The Morgan fingerprint density at radius 2 is 2.04 bits per heavy atom. The topological polar surface area (TPSA) is 76.5 Å². The predicted octanol–water partition coefficient (Wildman–Crippen LogP) is 1.84. The molecular formula is C20H26N4O3. The van der Waals surface area contributed by atoms with Crippen molar-refractivity contribution in [1.82, 2.24) is 20.0 Å². The number of aromatic nitrogens is 2. The summed E-state index contributed by atoms with van der Waals surface area (Å²) in [4.78, 5) is 27.1. The van der Waals surface area contributed by atoms with Gasteiger partial charge in [0.15, 0.2) is 0 Å². The van der Waals surface area contributed by atoms with Crippen molar-refractivity contribution >= 4 is 11.8 Å². The zero-order valence-corrected chi connectivity index (χ0v) is 16.3. The third-order valence-corrected chi connectivity index (χ3v) is 5.18. The van der Waals surface area contributed by atoms with Gasteiger partial charge in [0.05, 0.1) is 30.0 Å². The summed E-state index contributed by atoms with van der Waals surface area (Å²) in [6.07, 6.45) is 0. The summed E-state index contributed by atoms with van der Waals surface area (Å²) in [7, 11) is 1.61. The molecule has 0 atom stereocenters. The van der Waals surface area contributed by atoms with E-state index in [9.17, 15) is 9.59 Å². The highest BCUT2D eigenvalue weighted by Gasteiger charge is 2.31. The second kappa shape index (κ2) is 7.92. The largest absolute Gasteiger partial charge is 0.383 e. The van der Waals surface area contributed by atoms with Gasteiger partial charge in [-0.25, -0.2) is 0 Å². The van der Waals surface area contributed by atoms with Crippen molar-refractivity contribution in [1.29, 1.82) is 0 Å². The lowest BCUT2D eigenvalue weighted by Crippen LogP contribution is -2.31. The van der Waals surface area contributed by atoms with Gasteiger partial charge in [0.1, 0.15) is 0 Å². The fraction of sp³-hybridized carbons (Fsp3) is 0.450. The lowest BCUT2D eigenvalue weighted by molar-refractivity contribution is 0.0715. The highest BCUT2D eigenvalue weighted by atomic mass is 16.5. The van der Waals surface area contributed by atoms with E-state index in [1.54, 1.807) is 18.1 Å². The van der Waals surface area contributed by atoms with E-state index < -0.39 is 0 Å². The van der Waals surface area contributed by atoms with E-state index in [1.165, 1.54) is 5.56 Å². The molecular weight excluding hydrogens is 344 g/mol. The molecule has 0 saturated carbocycles. The molecule has 1 N–H and O–H groups in total. The Balaban J connectivity index is 1.67. The Kier molecular flexibility index (Phi) is 5.60. The lowest BCUT2D eigenvalue weighted by Gasteiger charge is -2.14. The Morgan fingerprint density at radius 1 is 1.26 bits per heavy atom. The van der Waals surface area contributed by atoms with Gasteiger partial charge in [-0.2, -0.15) is 5.10 Å². The number of hydrogen-bond acceptors (Lipinski definition) is 4. The molecule has 2 amide bonds. The number of carbonyl (C=O) groups excluding carboxylic acids is 2. The average molecular weight is 370 g/mol. The van der Waals surface area contributed by atoms with E-state index in [0.717, 1.165) is 17.0 Å². The van der Waals surface area contributed by atoms with Gasteiger partial charge in [0, 0.05) is 32.4 Å². The van der Waals surface area contributed by atoms with E-state index in [0.29, 0.717) is 43.9 Å². The van der Waals surface area contributed by atoms with Gasteiger partial charge < -0.3 is 15.0 Å². The maximum Gasteiger partial charge on any atom is 0.255 e. The van der Waals surface area contributed by atoms with Crippen LogP contribution in [-0.2, 0) is 17.8 Å². The summed E-state index contributed by atoms with van der Waals surface area (Å²) < 4.78 is 6.96. The van der Waals surface area contributed by atoms with E-state index in [-0.39, 0.29) is 11.8 Å². The minimum atomic E-state index is -0.230. The van der Waals surface area contributed by atoms with Gasteiger partial charge in [-0.1, -0.05) is 12.1 Å². The molecule has 0 bridgehead atoms. The van der Waals surface area contributed by atoms with Crippen LogP contribution >= 0.6 is 0 Å². The number of rotatable bonds is 7. The number of nitrogens with zero attached hydrogens (tertiary/aromatic N) is 3. The molecule has 1 aromatic heterocycles. The Bertz CT molecular complexity index is 872. The van der Waals surface area contributed by atoms with E-state index in [2.05, 4.69) is 10.4 Å². The van der Waals surface area contributed by atoms with Crippen LogP contribution in [-0.4, -0.2) is 53.3 Å². The van der Waals surface area contributed by atoms with Crippen LogP contribution in [0.1, 0.15) is 43.2 Å². The second-order valence-corrected chi connectivity index (χ2v) is 6.83. The Labute approximate surface area is 159 Å². The van der Waals surface area contributed by atoms with Crippen LogP contribution in [0.15, 0.2) is 18.2 Å². The van der Waals surface area contributed by atoms with E-state index >= 15 is 0 Å². The van der Waals surface area contributed by atoms with Crippen molar-refractivity contribution in [2.75, 3.05) is 26.8 Å². The van der Waals surface area contributed by atoms with Gasteiger partial charge in [-0.3, -0.25) is 14.3 Å². The minimum absolute atomic E-state index is 0.109. The number of methoxy groups -OCH3 is 1. The van der Waals surface area contributed by atoms with Crippen molar-refractivity contribution in [2.45, 2.75) is 33.9 Å². The molecule has 0 spiro atoms. The molecule has 7 heteroatoms. The summed E-state index contributed by atoms with van der Waals surface area (Å²) in [5.41, 5.74) is 5.10. The summed E-state index contributed by atoms with van der Waals surface area (Å²) in [6.45, 7) is 8.59. The first-order valence-electron chi connectivity index (χ1n) is 9.13. The summed E-state index contributed by atoms with van der Waals surface area (Å²) in [6, 6.07) is 5.43. The van der Waals surface area contributed by atoms with Crippen LogP contribution in [0.25, 0.3) is 0 Å². The quantitative estimate of drug-likeness (QED) is 0.807. The number of benzene rings is 1. The van der Waals surface area contributed by atoms with Crippen LogP contribution in [0.4, 0.5) is 0 Å². The smallest absolute Gasteiger partial charge is 0.255 e. The number of ether oxygens (including phenoxy) is 1. The Hall–Kier alpha value is -2.67. The molecule has 0 aliphatic carbocycles. The molecule has 1 aromatic carbocycles.